The Hall–Kier alpha value is -0.500. The van der Waals surface area contributed by atoms with Crippen molar-refractivity contribution in [3.63, 3.8) is 0 Å². The van der Waals surface area contributed by atoms with Crippen molar-refractivity contribution in [2.45, 2.75) is 37.9 Å². The number of sulfonamides is 1. The van der Waals surface area contributed by atoms with E-state index in [9.17, 15) is 8.42 Å². The van der Waals surface area contributed by atoms with Gasteiger partial charge < -0.3 is 5.73 Å². The predicted molar refractivity (Wildman–Crippen MR) is 69.5 cm³/mol. The van der Waals surface area contributed by atoms with E-state index in [0.717, 1.165) is 16.3 Å². The van der Waals surface area contributed by atoms with E-state index in [0.29, 0.717) is 0 Å². The molecule has 3 N–H and O–H groups in total. The molecule has 0 aliphatic rings. The number of nitrogens with one attached hydrogen (secondary N) is 1. The van der Waals surface area contributed by atoms with Gasteiger partial charge in [-0.1, -0.05) is 20.8 Å². The van der Waals surface area contributed by atoms with Crippen LogP contribution in [0.25, 0.3) is 0 Å². The van der Waals surface area contributed by atoms with Crippen LogP contribution in [0, 0.1) is 12.3 Å². The lowest BCUT2D eigenvalue weighted by Gasteiger charge is -2.29. The van der Waals surface area contributed by atoms with Crippen molar-refractivity contribution in [1.29, 1.82) is 0 Å². The standard InChI is InChI=1S/C10H19N3O2S2/c1-7-12-6-9(16-7)17(14,15)13-8(5-11)10(2,3)4/h6,8,13H,5,11H2,1-4H3. The minimum absolute atomic E-state index is 0.221. The Bertz CT molecular complexity index is 474. The number of thiazole rings is 1. The molecule has 98 valence electrons. The third-order valence-electron chi connectivity index (χ3n) is 2.44. The average Bonchev–Trinajstić information content (AvgIpc) is 2.60. The van der Waals surface area contributed by atoms with Crippen LogP contribution in [0.1, 0.15) is 25.8 Å². The van der Waals surface area contributed by atoms with E-state index in [4.69, 9.17) is 5.73 Å². The highest BCUT2D eigenvalue weighted by Crippen LogP contribution is 2.23. The van der Waals surface area contributed by atoms with Gasteiger partial charge in [-0.25, -0.2) is 18.1 Å². The highest BCUT2D eigenvalue weighted by Gasteiger charge is 2.29. The SMILES string of the molecule is Cc1ncc(S(=O)(=O)NC(CN)C(C)(C)C)s1. The highest BCUT2D eigenvalue weighted by atomic mass is 32.2. The normalized spacial score (nSPS) is 14.9. The third kappa shape index (κ3) is 3.74. The van der Waals surface area contributed by atoms with Crippen LogP contribution in [0.2, 0.25) is 0 Å². The third-order valence-corrected chi connectivity index (χ3v) is 5.29. The van der Waals surface area contributed by atoms with Gasteiger partial charge in [-0.3, -0.25) is 0 Å². The molecule has 17 heavy (non-hydrogen) atoms. The molecule has 0 spiro atoms. The smallest absolute Gasteiger partial charge is 0.251 e. The first kappa shape index (κ1) is 14.6. The first-order valence-electron chi connectivity index (χ1n) is 5.31. The predicted octanol–water partition coefficient (Wildman–Crippen LogP) is 1.10. The Morgan fingerprint density at radius 1 is 1.53 bits per heavy atom. The van der Waals surface area contributed by atoms with Crippen LogP contribution >= 0.6 is 11.3 Å². The summed E-state index contributed by atoms with van der Waals surface area (Å²) in [6, 6.07) is -0.296. The zero-order chi connectivity index (χ0) is 13.3. The summed E-state index contributed by atoms with van der Waals surface area (Å²) in [6.45, 7) is 7.88. The first-order valence-corrected chi connectivity index (χ1v) is 7.61. The van der Waals surface area contributed by atoms with Crippen molar-refractivity contribution in [3.05, 3.63) is 11.2 Å². The fourth-order valence-electron chi connectivity index (χ4n) is 1.29. The van der Waals surface area contributed by atoms with Gasteiger partial charge in [0.15, 0.2) is 4.21 Å². The molecule has 0 saturated heterocycles. The molecular formula is C10H19N3O2S2. The van der Waals surface area contributed by atoms with Gasteiger partial charge in [0.05, 0.1) is 11.2 Å². The summed E-state index contributed by atoms with van der Waals surface area (Å²) in [6.07, 6.45) is 1.37. The lowest BCUT2D eigenvalue weighted by molar-refractivity contribution is 0.304. The molecule has 1 unspecified atom stereocenters. The Morgan fingerprint density at radius 3 is 2.47 bits per heavy atom. The molecule has 0 radical (unpaired) electrons. The van der Waals surface area contributed by atoms with E-state index in [1.54, 1.807) is 6.92 Å². The van der Waals surface area contributed by atoms with Gasteiger partial charge in [-0.05, 0) is 12.3 Å². The van der Waals surface area contributed by atoms with E-state index >= 15 is 0 Å². The molecule has 1 aromatic rings. The summed E-state index contributed by atoms with van der Waals surface area (Å²) >= 11 is 1.16. The molecule has 0 fully saturated rings. The van der Waals surface area contributed by atoms with Crippen molar-refractivity contribution in [3.8, 4) is 0 Å². The number of aromatic nitrogens is 1. The molecule has 0 aromatic carbocycles. The summed E-state index contributed by atoms with van der Waals surface area (Å²) in [7, 11) is -3.51. The molecule has 0 aliphatic carbocycles. The summed E-state index contributed by atoms with van der Waals surface area (Å²) in [4.78, 5) is 3.95. The van der Waals surface area contributed by atoms with Crippen LogP contribution in [-0.2, 0) is 10.0 Å². The van der Waals surface area contributed by atoms with E-state index < -0.39 is 10.0 Å². The fraction of sp³-hybridized carbons (Fsp3) is 0.700. The number of nitrogens with two attached hydrogens (primary N) is 1. The van der Waals surface area contributed by atoms with Gasteiger partial charge >= 0.3 is 0 Å². The van der Waals surface area contributed by atoms with Crippen molar-refractivity contribution < 1.29 is 8.42 Å². The van der Waals surface area contributed by atoms with Gasteiger partial charge in [0, 0.05) is 12.6 Å². The summed E-state index contributed by atoms with van der Waals surface area (Å²) < 4.78 is 27.0. The molecule has 0 bridgehead atoms. The molecule has 5 nitrogen and oxygen atoms in total. The largest absolute Gasteiger partial charge is 0.329 e. The Kier molecular flexibility index (Phi) is 4.29. The van der Waals surface area contributed by atoms with E-state index in [1.807, 2.05) is 20.8 Å². The Morgan fingerprint density at radius 2 is 2.12 bits per heavy atom. The van der Waals surface area contributed by atoms with Crippen molar-refractivity contribution >= 4 is 21.4 Å². The van der Waals surface area contributed by atoms with Crippen LogP contribution in [0.15, 0.2) is 10.4 Å². The molecule has 0 saturated carbocycles. The van der Waals surface area contributed by atoms with Crippen LogP contribution in [0.3, 0.4) is 0 Å². The number of rotatable bonds is 4. The lowest BCUT2D eigenvalue weighted by Crippen LogP contribution is -2.48. The maximum absolute atomic E-state index is 12.1. The quantitative estimate of drug-likeness (QED) is 0.863. The van der Waals surface area contributed by atoms with E-state index in [1.165, 1.54) is 6.20 Å². The number of hydrogen-bond donors (Lipinski definition) is 2. The second kappa shape index (κ2) is 5.01. The molecule has 1 rings (SSSR count). The summed E-state index contributed by atoms with van der Waals surface area (Å²) in [5.74, 6) is 0. The van der Waals surface area contributed by atoms with Gasteiger partial charge in [-0.15, -0.1) is 11.3 Å². The van der Waals surface area contributed by atoms with Crippen LogP contribution in [0.5, 0.6) is 0 Å². The van der Waals surface area contributed by atoms with E-state index in [2.05, 4.69) is 9.71 Å². The van der Waals surface area contributed by atoms with Gasteiger partial charge in [0.1, 0.15) is 0 Å². The molecule has 1 heterocycles. The number of hydrogen-bond acceptors (Lipinski definition) is 5. The topological polar surface area (TPSA) is 85.1 Å². The molecule has 0 amide bonds. The van der Waals surface area contributed by atoms with Crippen molar-refractivity contribution in [2.75, 3.05) is 6.54 Å². The average molecular weight is 277 g/mol. The van der Waals surface area contributed by atoms with E-state index in [-0.39, 0.29) is 22.2 Å². The minimum atomic E-state index is -3.51. The Balaban J connectivity index is 2.94. The number of aryl methyl sites for hydroxylation is 1. The lowest BCUT2D eigenvalue weighted by atomic mass is 9.88. The van der Waals surface area contributed by atoms with Gasteiger partial charge in [0.2, 0.25) is 0 Å². The second-order valence-corrected chi connectivity index (χ2v) is 8.15. The van der Waals surface area contributed by atoms with Crippen molar-refractivity contribution in [2.24, 2.45) is 11.1 Å². The maximum atomic E-state index is 12.1. The van der Waals surface area contributed by atoms with Crippen LogP contribution in [-0.4, -0.2) is 26.0 Å². The molecule has 1 atom stereocenters. The van der Waals surface area contributed by atoms with Gasteiger partial charge in [-0.2, -0.15) is 0 Å². The fourth-order valence-corrected chi connectivity index (χ4v) is 3.87. The van der Waals surface area contributed by atoms with Crippen LogP contribution < -0.4 is 10.5 Å². The van der Waals surface area contributed by atoms with Crippen LogP contribution in [0.4, 0.5) is 0 Å². The zero-order valence-electron chi connectivity index (χ0n) is 10.5. The maximum Gasteiger partial charge on any atom is 0.251 e. The zero-order valence-corrected chi connectivity index (χ0v) is 12.2. The molecule has 1 aromatic heterocycles. The highest BCUT2D eigenvalue weighted by molar-refractivity contribution is 7.91. The summed E-state index contributed by atoms with van der Waals surface area (Å²) in [5.41, 5.74) is 5.39. The Labute approximate surface area is 106 Å². The molecule has 7 heteroatoms. The first-order chi connectivity index (χ1) is 7.66. The van der Waals surface area contributed by atoms with Gasteiger partial charge in [0.25, 0.3) is 10.0 Å². The second-order valence-electron chi connectivity index (χ2n) is 4.97. The van der Waals surface area contributed by atoms with Crippen molar-refractivity contribution in [1.82, 2.24) is 9.71 Å². The molecular weight excluding hydrogens is 258 g/mol. The monoisotopic (exact) mass is 277 g/mol. The number of nitrogens with zero attached hydrogens (tertiary/aromatic N) is 1. The minimum Gasteiger partial charge on any atom is -0.329 e. The molecule has 0 aliphatic heterocycles. The summed E-state index contributed by atoms with van der Waals surface area (Å²) in [5, 5.41) is 0.727.